The van der Waals surface area contributed by atoms with Gasteiger partial charge in [-0.25, -0.2) is 0 Å². The second-order valence-electron chi connectivity index (χ2n) is 6.14. The minimum atomic E-state index is 0.682. The van der Waals surface area contributed by atoms with Crippen LogP contribution in [0.1, 0.15) is 41.0 Å². The predicted molar refractivity (Wildman–Crippen MR) is 71.7 cm³/mol. The number of rotatable bonds is 4. The van der Waals surface area contributed by atoms with Crippen LogP contribution < -0.4 is 5.32 Å². The summed E-state index contributed by atoms with van der Waals surface area (Å²) in [4.78, 5) is 2.66. The van der Waals surface area contributed by atoms with Crippen LogP contribution in [0.3, 0.4) is 0 Å². The summed E-state index contributed by atoms with van der Waals surface area (Å²) < 4.78 is 0. The Balaban J connectivity index is 2.45. The molecule has 2 heteroatoms. The monoisotopic (exact) mass is 226 g/mol. The molecule has 1 aliphatic rings. The third kappa shape index (κ3) is 4.42. The van der Waals surface area contributed by atoms with Crippen LogP contribution in [0.15, 0.2) is 0 Å². The van der Waals surface area contributed by atoms with Gasteiger partial charge in [0.2, 0.25) is 0 Å². The van der Waals surface area contributed by atoms with Gasteiger partial charge in [0.1, 0.15) is 0 Å². The molecule has 2 unspecified atom stereocenters. The van der Waals surface area contributed by atoms with Crippen molar-refractivity contribution in [3.63, 3.8) is 0 Å². The topological polar surface area (TPSA) is 15.3 Å². The molecule has 1 fully saturated rings. The molecule has 0 aromatic heterocycles. The average molecular weight is 226 g/mol. The Kier molecular flexibility index (Phi) is 5.77. The molecule has 2 nitrogen and oxygen atoms in total. The lowest BCUT2D eigenvalue weighted by Gasteiger charge is -2.30. The van der Waals surface area contributed by atoms with Gasteiger partial charge in [-0.2, -0.15) is 0 Å². The van der Waals surface area contributed by atoms with Crippen LogP contribution in [-0.4, -0.2) is 37.1 Å². The van der Waals surface area contributed by atoms with Crippen LogP contribution in [0, 0.1) is 17.8 Å². The maximum Gasteiger partial charge on any atom is 0.0217 e. The first-order valence-corrected chi connectivity index (χ1v) is 6.96. The minimum absolute atomic E-state index is 0.682. The quantitative estimate of drug-likeness (QED) is 0.792. The molecule has 96 valence electrons. The smallest absolute Gasteiger partial charge is 0.0217 e. The summed E-state index contributed by atoms with van der Waals surface area (Å²) in [6.07, 6.45) is 1.30. The van der Waals surface area contributed by atoms with Crippen molar-refractivity contribution >= 4 is 0 Å². The molecule has 1 rings (SSSR count). The highest BCUT2D eigenvalue weighted by Crippen LogP contribution is 2.15. The molecule has 1 N–H and O–H groups in total. The van der Waals surface area contributed by atoms with Crippen LogP contribution in [0.2, 0.25) is 0 Å². The van der Waals surface area contributed by atoms with E-state index in [2.05, 4.69) is 44.8 Å². The van der Waals surface area contributed by atoms with E-state index in [4.69, 9.17) is 0 Å². The molecule has 0 saturated carbocycles. The number of hydrogen-bond donors (Lipinski definition) is 1. The largest absolute Gasteiger partial charge is 0.312 e. The van der Waals surface area contributed by atoms with Gasteiger partial charge in [0.25, 0.3) is 0 Å². The summed E-state index contributed by atoms with van der Waals surface area (Å²) in [5, 5.41) is 3.67. The summed E-state index contributed by atoms with van der Waals surface area (Å²) in [7, 11) is 0. The van der Waals surface area contributed by atoms with Gasteiger partial charge in [0, 0.05) is 19.1 Å². The van der Waals surface area contributed by atoms with Gasteiger partial charge in [0.05, 0.1) is 0 Å². The van der Waals surface area contributed by atoms with Gasteiger partial charge < -0.3 is 10.2 Å². The van der Waals surface area contributed by atoms with Gasteiger partial charge in [-0.05, 0) is 37.3 Å². The highest BCUT2D eigenvalue weighted by Gasteiger charge is 2.21. The summed E-state index contributed by atoms with van der Waals surface area (Å²) in [5.41, 5.74) is 0. The molecule has 0 aliphatic carbocycles. The minimum Gasteiger partial charge on any atom is -0.312 e. The third-order valence-electron chi connectivity index (χ3n) is 4.00. The van der Waals surface area contributed by atoms with Crippen molar-refractivity contribution < 1.29 is 0 Å². The maximum atomic E-state index is 3.67. The molecule has 0 spiro atoms. The van der Waals surface area contributed by atoms with E-state index in [0.717, 1.165) is 17.8 Å². The van der Waals surface area contributed by atoms with E-state index in [9.17, 15) is 0 Å². The summed E-state index contributed by atoms with van der Waals surface area (Å²) in [6, 6.07) is 0.682. The molecule has 0 bridgehead atoms. The molecule has 1 saturated heterocycles. The Morgan fingerprint density at radius 1 is 1.19 bits per heavy atom. The van der Waals surface area contributed by atoms with Crippen LogP contribution in [0.5, 0.6) is 0 Å². The summed E-state index contributed by atoms with van der Waals surface area (Å²) in [5.74, 6) is 2.36. The van der Waals surface area contributed by atoms with Crippen molar-refractivity contribution in [3.8, 4) is 0 Å². The zero-order valence-corrected chi connectivity index (χ0v) is 11.8. The fraction of sp³-hybridized carbons (Fsp3) is 1.00. The fourth-order valence-corrected chi connectivity index (χ4v) is 2.25. The fourth-order valence-electron chi connectivity index (χ4n) is 2.25. The van der Waals surface area contributed by atoms with Gasteiger partial charge in [0.15, 0.2) is 0 Å². The van der Waals surface area contributed by atoms with E-state index in [1.54, 1.807) is 0 Å². The maximum absolute atomic E-state index is 3.67. The van der Waals surface area contributed by atoms with Crippen LogP contribution in [0.25, 0.3) is 0 Å². The zero-order valence-electron chi connectivity index (χ0n) is 11.8. The molecule has 0 aromatic carbocycles. The Hall–Kier alpha value is -0.0800. The average Bonchev–Trinajstić information content (AvgIpc) is 2.43. The molecular formula is C14H30N2. The van der Waals surface area contributed by atoms with Crippen molar-refractivity contribution in [1.29, 1.82) is 0 Å². The van der Waals surface area contributed by atoms with Gasteiger partial charge in [-0.3, -0.25) is 0 Å². The molecule has 1 heterocycles. The first-order chi connectivity index (χ1) is 7.50. The van der Waals surface area contributed by atoms with Crippen molar-refractivity contribution in [2.75, 3.05) is 26.2 Å². The third-order valence-corrected chi connectivity index (χ3v) is 4.00. The Labute approximate surface area is 102 Å². The van der Waals surface area contributed by atoms with E-state index in [1.165, 1.54) is 32.6 Å². The van der Waals surface area contributed by atoms with Crippen molar-refractivity contribution in [1.82, 2.24) is 10.2 Å². The first kappa shape index (κ1) is 14.0. The lowest BCUT2D eigenvalue weighted by molar-refractivity contribution is 0.196. The summed E-state index contributed by atoms with van der Waals surface area (Å²) >= 11 is 0. The van der Waals surface area contributed by atoms with Crippen molar-refractivity contribution in [2.24, 2.45) is 17.8 Å². The SMILES string of the molecule is CC(C)C(C)CN1CCCNC(C(C)C)C1. The van der Waals surface area contributed by atoms with Crippen LogP contribution in [-0.2, 0) is 0 Å². The standard InChI is InChI=1S/C14H30N2/c1-11(2)13(5)9-16-8-6-7-15-14(10-16)12(3)4/h11-15H,6-10H2,1-5H3. The lowest BCUT2D eigenvalue weighted by Crippen LogP contribution is -2.42. The highest BCUT2D eigenvalue weighted by atomic mass is 15.2. The highest BCUT2D eigenvalue weighted by molar-refractivity contribution is 4.79. The number of nitrogens with zero attached hydrogens (tertiary/aromatic N) is 1. The van der Waals surface area contributed by atoms with E-state index < -0.39 is 0 Å². The second-order valence-corrected chi connectivity index (χ2v) is 6.14. The Bertz CT molecular complexity index is 189. The molecule has 1 aliphatic heterocycles. The molecule has 0 amide bonds. The number of hydrogen-bond acceptors (Lipinski definition) is 2. The molecular weight excluding hydrogens is 196 g/mol. The van der Waals surface area contributed by atoms with Gasteiger partial charge >= 0.3 is 0 Å². The van der Waals surface area contributed by atoms with Crippen LogP contribution in [0.4, 0.5) is 0 Å². The van der Waals surface area contributed by atoms with Gasteiger partial charge in [-0.1, -0.05) is 34.6 Å². The van der Waals surface area contributed by atoms with E-state index in [-0.39, 0.29) is 0 Å². The second kappa shape index (κ2) is 6.61. The molecule has 0 aromatic rings. The van der Waals surface area contributed by atoms with Gasteiger partial charge in [-0.15, -0.1) is 0 Å². The van der Waals surface area contributed by atoms with Crippen molar-refractivity contribution in [3.05, 3.63) is 0 Å². The molecule has 0 radical (unpaired) electrons. The van der Waals surface area contributed by atoms with E-state index >= 15 is 0 Å². The predicted octanol–water partition coefficient (Wildman–Crippen LogP) is 2.60. The Morgan fingerprint density at radius 3 is 2.44 bits per heavy atom. The summed E-state index contributed by atoms with van der Waals surface area (Å²) in [6.45, 7) is 16.7. The molecule has 2 atom stereocenters. The normalized spacial score (nSPS) is 26.1. The Morgan fingerprint density at radius 2 is 1.88 bits per heavy atom. The first-order valence-electron chi connectivity index (χ1n) is 6.96. The van der Waals surface area contributed by atoms with Crippen molar-refractivity contribution in [2.45, 2.75) is 47.1 Å². The zero-order chi connectivity index (χ0) is 12.1. The van der Waals surface area contributed by atoms with E-state index in [0.29, 0.717) is 6.04 Å². The lowest BCUT2D eigenvalue weighted by atomic mass is 9.97. The van der Waals surface area contributed by atoms with E-state index in [1.807, 2.05) is 0 Å². The number of nitrogens with one attached hydrogen (secondary N) is 1. The molecule has 16 heavy (non-hydrogen) atoms. The van der Waals surface area contributed by atoms with Crippen LogP contribution >= 0.6 is 0 Å².